The molecule has 1 aliphatic rings. The summed E-state index contributed by atoms with van der Waals surface area (Å²) in [5, 5.41) is 4.43. The number of benzene rings is 1. The molecule has 0 spiro atoms. The molecule has 1 aliphatic heterocycles. The highest BCUT2D eigenvalue weighted by Gasteiger charge is 2.34. The van der Waals surface area contributed by atoms with Crippen molar-refractivity contribution in [1.82, 2.24) is 10.1 Å². The molecule has 6 heteroatoms. The number of aryl methyl sites for hydroxylation is 1. The molecule has 0 bridgehead atoms. The van der Waals surface area contributed by atoms with Crippen LogP contribution in [-0.2, 0) is 4.79 Å². The van der Waals surface area contributed by atoms with Crippen LogP contribution in [0.5, 0.6) is 0 Å². The molecule has 98 valence electrons. The zero-order valence-electron chi connectivity index (χ0n) is 10.3. The zero-order chi connectivity index (χ0) is 13.4. The molecule has 3 rings (SSSR count). The number of hydrogen-bond acceptors (Lipinski definition) is 4. The van der Waals surface area contributed by atoms with Crippen LogP contribution in [0.4, 0.5) is 5.69 Å². The lowest BCUT2D eigenvalue weighted by atomic mass is 10.1. The second-order valence-corrected chi connectivity index (χ2v) is 5.06. The molecular formula is C13H12ClN3O2. The van der Waals surface area contributed by atoms with Gasteiger partial charge in [-0.1, -0.05) is 22.8 Å². The second-order valence-electron chi connectivity index (χ2n) is 4.63. The van der Waals surface area contributed by atoms with Crippen molar-refractivity contribution in [3.8, 4) is 0 Å². The number of anilines is 1. The summed E-state index contributed by atoms with van der Waals surface area (Å²) in [7, 11) is 0. The lowest BCUT2D eigenvalue weighted by Crippen LogP contribution is -2.25. The smallest absolute Gasteiger partial charge is 0.227 e. The van der Waals surface area contributed by atoms with E-state index in [1.807, 2.05) is 25.1 Å². The first-order valence-electron chi connectivity index (χ1n) is 5.98. The Hall–Kier alpha value is -1.88. The van der Waals surface area contributed by atoms with Crippen LogP contribution < -0.4 is 4.90 Å². The number of halogens is 1. The molecule has 1 aromatic carbocycles. The minimum absolute atomic E-state index is 0.0235. The van der Waals surface area contributed by atoms with E-state index < -0.39 is 0 Å². The quantitative estimate of drug-likeness (QED) is 0.846. The number of amides is 1. The van der Waals surface area contributed by atoms with Crippen molar-refractivity contribution < 1.29 is 9.32 Å². The summed E-state index contributed by atoms with van der Waals surface area (Å²) in [6, 6.07) is 5.54. The Balaban J connectivity index is 1.90. The van der Waals surface area contributed by atoms with Crippen molar-refractivity contribution in [2.75, 3.05) is 11.4 Å². The predicted molar refractivity (Wildman–Crippen MR) is 70.2 cm³/mol. The van der Waals surface area contributed by atoms with E-state index in [9.17, 15) is 4.79 Å². The summed E-state index contributed by atoms with van der Waals surface area (Å²) in [5.74, 6) is 0.611. The fourth-order valence-corrected chi connectivity index (χ4v) is 2.51. The highest BCUT2D eigenvalue weighted by atomic mass is 35.5. The van der Waals surface area contributed by atoms with Gasteiger partial charge in [0.2, 0.25) is 12.3 Å². The van der Waals surface area contributed by atoms with E-state index in [-0.39, 0.29) is 11.8 Å². The van der Waals surface area contributed by atoms with Crippen LogP contribution in [0.2, 0.25) is 5.02 Å². The van der Waals surface area contributed by atoms with Crippen LogP contribution in [-0.4, -0.2) is 22.6 Å². The first kappa shape index (κ1) is 12.2. The Morgan fingerprint density at radius 2 is 2.32 bits per heavy atom. The summed E-state index contributed by atoms with van der Waals surface area (Å²) in [5.41, 5.74) is 1.87. The summed E-state index contributed by atoms with van der Waals surface area (Å²) >= 11 is 6.00. The Bertz CT molecular complexity index is 612. The van der Waals surface area contributed by atoms with E-state index in [0.717, 1.165) is 11.3 Å². The minimum atomic E-state index is -0.0235. The SMILES string of the molecule is Cc1ccc(Cl)cc1N1CC(c2ncon2)CC1=O. The number of hydrogen-bond donors (Lipinski definition) is 0. The lowest BCUT2D eigenvalue weighted by molar-refractivity contribution is -0.117. The zero-order valence-corrected chi connectivity index (χ0v) is 11.1. The fourth-order valence-electron chi connectivity index (χ4n) is 2.35. The van der Waals surface area contributed by atoms with Crippen molar-refractivity contribution in [2.45, 2.75) is 19.3 Å². The van der Waals surface area contributed by atoms with Gasteiger partial charge in [-0.25, -0.2) is 0 Å². The monoisotopic (exact) mass is 277 g/mol. The third-order valence-electron chi connectivity index (χ3n) is 3.33. The highest BCUT2D eigenvalue weighted by Crippen LogP contribution is 2.33. The van der Waals surface area contributed by atoms with Crippen LogP contribution in [0.15, 0.2) is 29.1 Å². The maximum atomic E-state index is 12.1. The molecular weight excluding hydrogens is 266 g/mol. The van der Waals surface area contributed by atoms with Gasteiger partial charge in [-0.05, 0) is 24.6 Å². The summed E-state index contributed by atoms with van der Waals surface area (Å²) in [6.45, 7) is 2.51. The lowest BCUT2D eigenvalue weighted by Gasteiger charge is -2.19. The first-order valence-corrected chi connectivity index (χ1v) is 6.35. The molecule has 0 saturated carbocycles. The molecule has 1 unspecified atom stereocenters. The standard InChI is InChI=1S/C13H12ClN3O2/c1-8-2-3-10(14)5-11(8)17-6-9(4-12(17)18)13-15-7-19-16-13/h2-3,5,7,9H,4,6H2,1H3. The number of rotatable bonds is 2. The largest absolute Gasteiger partial charge is 0.343 e. The van der Waals surface area contributed by atoms with Crippen molar-refractivity contribution in [2.24, 2.45) is 0 Å². The van der Waals surface area contributed by atoms with Crippen molar-refractivity contribution in [3.05, 3.63) is 41.0 Å². The van der Waals surface area contributed by atoms with Gasteiger partial charge < -0.3 is 9.42 Å². The van der Waals surface area contributed by atoms with Gasteiger partial charge in [0.05, 0.1) is 0 Å². The minimum Gasteiger partial charge on any atom is -0.343 e. The number of aromatic nitrogens is 2. The van der Waals surface area contributed by atoms with Gasteiger partial charge in [-0.3, -0.25) is 4.79 Å². The highest BCUT2D eigenvalue weighted by molar-refractivity contribution is 6.31. The third kappa shape index (κ3) is 2.21. The van der Waals surface area contributed by atoms with Gasteiger partial charge in [-0.15, -0.1) is 0 Å². The maximum Gasteiger partial charge on any atom is 0.227 e. The Morgan fingerprint density at radius 1 is 1.47 bits per heavy atom. The summed E-state index contributed by atoms with van der Waals surface area (Å²) < 4.78 is 4.73. The predicted octanol–water partition coefficient (Wildman–Crippen LogP) is 2.55. The fraction of sp³-hybridized carbons (Fsp3) is 0.308. The molecule has 0 N–H and O–H groups in total. The van der Waals surface area contributed by atoms with Crippen molar-refractivity contribution in [3.63, 3.8) is 0 Å². The van der Waals surface area contributed by atoms with Crippen LogP contribution in [0.25, 0.3) is 0 Å². The van der Waals surface area contributed by atoms with E-state index in [1.54, 1.807) is 4.90 Å². The van der Waals surface area contributed by atoms with E-state index in [1.165, 1.54) is 6.39 Å². The van der Waals surface area contributed by atoms with Gasteiger partial charge in [0.1, 0.15) is 0 Å². The van der Waals surface area contributed by atoms with Crippen LogP contribution in [0.1, 0.15) is 23.7 Å². The molecule has 0 radical (unpaired) electrons. The molecule has 19 heavy (non-hydrogen) atoms. The Labute approximate surface area is 115 Å². The van der Waals surface area contributed by atoms with Gasteiger partial charge in [0.25, 0.3) is 0 Å². The molecule has 2 aromatic rings. The number of carbonyl (C=O) groups excluding carboxylic acids is 1. The Kier molecular flexibility index (Phi) is 2.98. The first-order chi connectivity index (χ1) is 9.15. The average Bonchev–Trinajstić information content (AvgIpc) is 3.01. The van der Waals surface area contributed by atoms with Crippen molar-refractivity contribution in [1.29, 1.82) is 0 Å². The topological polar surface area (TPSA) is 59.2 Å². The van der Waals surface area contributed by atoms with Gasteiger partial charge in [0, 0.05) is 29.6 Å². The second kappa shape index (κ2) is 4.66. The number of nitrogens with zero attached hydrogens (tertiary/aromatic N) is 3. The van der Waals surface area contributed by atoms with E-state index in [2.05, 4.69) is 10.1 Å². The van der Waals surface area contributed by atoms with E-state index >= 15 is 0 Å². The molecule has 5 nitrogen and oxygen atoms in total. The number of carbonyl (C=O) groups is 1. The van der Waals surface area contributed by atoms with Crippen LogP contribution in [0.3, 0.4) is 0 Å². The Morgan fingerprint density at radius 3 is 3.05 bits per heavy atom. The molecule has 1 saturated heterocycles. The maximum absolute atomic E-state index is 12.1. The molecule has 1 atom stereocenters. The summed E-state index contributed by atoms with van der Waals surface area (Å²) in [4.78, 5) is 17.9. The molecule has 0 aliphatic carbocycles. The van der Waals surface area contributed by atoms with Crippen LogP contribution in [0, 0.1) is 6.92 Å². The average molecular weight is 278 g/mol. The molecule has 1 fully saturated rings. The molecule has 1 amide bonds. The molecule has 1 aromatic heterocycles. The third-order valence-corrected chi connectivity index (χ3v) is 3.57. The van der Waals surface area contributed by atoms with E-state index in [0.29, 0.717) is 23.8 Å². The van der Waals surface area contributed by atoms with Gasteiger partial charge in [-0.2, -0.15) is 4.98 Å². The van der Waals surface area contributed by atoms with Crippen LogP contribution >= 0.6 is 11.6 Å². The molecule has 2 heterocycles. The van der Waals surface area contributed by atoms with Crippen molar-refractivity contribution >= 4 is 23.2 Å². The summed E-state index contributed by atoms with van der Waals surface area (Å²) in [6.07, 6.45) is 1.68. The van der Waals surface area contributed by atoms with Gasteiger partial charge in [0.15, 0.2) is 5.82 Å². The normalized spacial score (nSPS) is 19.2. The van der Waals surface area contributed by atoms with E-state index in [4.69, 9.17) is 16.1 Å². The van der Waals surface area contributed by atoms with Gasteiger partial charge >= 0.3 is 0 Å².